The maximum atomic E-state index is 11.5. The van der Waals surface area contributed by atoms with E-state index in [2.05, 4.69) is 19.1 Å². The Labute approximate surface area is 160 Å². The molecule has 1 rings (SSSR count). The molecule has 0 radical (unpaired) electrons. The second kappa shape index (κ2) is 10.6. The molecule has 0 saturated heterocycles. The van der Waals surface area contributed by atoms with Crippen LogP contribution in [0, 0.1) is 12.3 Å². The molecule has 0 heterocycles. The van der Waals surface area contributed by atoms with Gasteiger partial charge in [-0.1, -0.05) is 43.4 Å². The molecule has 0 atom stereocenters. The molecule has 0 aliphatic rings. The molecule has 0 aromatic heterocycles. The van der Waals surface area contributed by atoms with Crippen LogP contribution in [0.1, 0.15) is 32.8 Å². The number of rotatable bonds is 8. The van der Waals surface area contributed by atoms with E-state index in [1.54, 1.807) is 26.0 Å². The zero-order valence-electron chi connectivity index (χ0n) is 16.0. The summed E-state index contributed by atoms with van der Waals surface area (Å²) < 4.78 is 10.2. The van der Waals surface area contributed by atoms with Crippen molar-refractivity contribution in [2.24, 2.45) is 0 Å². The number of terminal acetylenes is 1. The number of hydrogen-bond donors (Lipinski definition) is 0. The molecule has 0 amide bonds. The zero-order chi connectivity index (χ0) is 20.4. The lowest BCUT2D eigenvalue weighted by Crippen LogP contribution is -2.07. The number of ether oxygens (including phenoxy) is 2. The average Bonchev–Trinajstić information content (AvgIpc) is 2.64. The average molecular weight is 364 g/mol. The van der Waals surface area contributed by atoms with Gasteiger partial charge >= 0.3 is 11.9 Å². The predicted molar refractivity (Wildman–Crippen MR) is 108 cm³/mol. The van der Waals surface area contributed by atoms with E-state index >= 15 is 0 Å². The van der Waals surface area contributed by atoms with Gasteiger partial charge in [0.05, 0.1) is 6.61 Å². The highest BCUT2D eigenvalue weighted by atomic mass is 16.5. The summed E-state index contributed by atoms with van der Waals surface area (Å²) in [6.45, 7) is 12.4. The lowest BCUT2D eigenvalue weighted by atomic mass is 10.1. The number of benzene rings is 1. The summed E-state index contributed by atoms with van der Waals surface area (Å²) in [7, 11) is 0. The van der Waals surface area contributed by atoms with Crippen molar-refractivity contribution in [3.63, 3.8) is 0 Å². The molecule has 0 aliphatic carbocycles. The van der Waals surface area contributed by atoms with Crippen molar-refractivity contribution in [3.05, 3.63) is 71.9 Å². The van der Waals surface area contributed by atoms with Gasteiger partial charge in [0.25, 0.3) is 0 Å². The van der Waals surface area contributed by atoms with E-state index in [1.165, 1.54) is 0 Å². The predicted octanol–water partition coefficient (Wildman–Crippen LogP) is 4.64. The van der Waals surface area contributed by atoms with Crippen molar-refractivity contribution in [3.8, 4) is 18.1 Å². The molecule has 0 spiro atoms. The Balaban J connectivity index is 2.73. The van der Waals surface area contributed by atoms with Crippen molar-refractivity contribution in [1.29, 1.82) is 0 Å². The van der Waals surface area contributed by atoms with Gasteiger partial charge in [-0.15, -0.1) is 6.42 Å². The molecule has 0 bridgehead atoms. The van der Waals surface area contributed by atoms with Gasteiger partial charge in [0.15, 0.2) is 0 Å². The smallest absolute Gasteiger partial charge is 0.338 e. The Morgan fingerprint density at radius 1 is 1.04 bits per heavy atom. The molecule has 1 aromatic rings. The van der Waals surface area contributed by atoms with Crippen molar-refractivity contribution in [2.45, 2.75) is 27.2 Å². The van der Waals surface area contributed by atoms with Crippen LogP contribution >= 0.6 is 0 Å². The maximum absolute atomic E-state index is 11.5. The molecule has 4 heteroatoms. The number of carbonyl (C=O) groups excluding carboxylic acids is 2. The van der Waals surface area contributed by atoms with Gasteiger partial charge in [0.1, 0.15) is 5.75 Å². The van der Waals surface area contributed by atoms with Crippen LogP contribution < -0.4 is 4.74 Å². The van der Waals surface area contributed by atoms with Crippen LogP contribution in [0.2, 0.25) is 0 Å². The summed E-state index contributed by atoms with van der Waals surface area (Å²) in [6.07, 6.45) is 9.67. The quantitative estimate of drug-likeness (QED) is 0.222. The summed E-state index contributed by atoms with van der Waals surface area (Å²) in [5.41, 5.74) is 3.37. The van der Waals surface area contributed by atoms with Gasteiger partial charge in [-0.05, 0) is 44.0 Å². The molecule has 4 nitrogen and oxygen atoms in total. The Hall–Kier alpha value is -3.32. The standard InChI is InChI=1S/C23H24O4/c1-7-19(14-15-26-22(24)16(2)3)9-8-18(6)20-10-12-21(13-11-20)27-23(25)17(4)5/h1,8-13H,2,4,14-15H2,3,5-6H3/b18-8+,19-9+. The van der Waals surface area contributed by atoms with Crippen molar-refractivity contribution in [1.82, 2.24) is 0 Å². The van der Waals surface area contributed by atoms with Gasteiger partial charge in [0.2, 0.25) is 0 Å². The molecule has 0 aliphatic heterocycles. The van der Waals surface area contributed by atoms with Crippen molar-refractivity contribution < 1.29 is 19.1 Å². The first-order valence-corrected chi connectivity index (χ1v) is 8.39. The van der Waals surface area contributed by atoms with Crippen LogP contribution in [0.4, 0.5) is 0 Å². The molecule has 0 N–H and O–H groups in total. The first-order chi connectivity index (χ1) is 12.7. The van der Waals surface area contributed by atoms with E-state index < -0.39 is 11.9 Å². The number of esters is 2. The van der Waals surface area contributed by atoms with E-state index in [0.29, 0.717) is 23.3 Å². The van der Waals surface area contributed by atoms with Gasteiger partial charge in [-0.25, -0.2) is 9.59 Å². The monoisotopic (exact) mass is 364 g/mol. The third-order valence-electron chi connectivity index (χ3n) is 3.54. The third kappa shape index (κ3) is 7.62. The minimum Gasteiger partial charge on any atom is -0.462 e. The Bertz CT molecular complexity index is 830. The lowest BCUT2D eigenvalue weighted by Gasteiger charge is -2.06. The number of hydrogen-bond acceptors (Lipinski definition) is 4. The summed E-state index contributed by atoms with van der Waals surface area (Å²) in [5, 5.41) is 0. The van der Waals surface area contributed by atoms with Crippen LogP contribution in [0.5, 0.6) is 5.75 Å². The van der Waals surface area contributed by atoms with Crippen molar-refractivity contribution in [2.75, 3.05) is 6.61 Å². The van der Waals surface area contributed by atoms with Gasteiger partial charge < -0.3 is 9.47 Å². The van der Waals surface area contributed by atoms with Crippen LogP contribution in [-0.4, -0.2) is 18.5 Å². The topological polar surface area (TPSA) is 52.6 Å². The largest absolute Gasteiger partial charge is 0.462 e. The Morgan fingerprint density at radius 2 is 1.63 bits per heavy atom. The number of allylic oxidation sites excluding steroid dienone is 3. The van der Waals surface area contributed by atoms with E-state index in [1.807, 2.05) is 31.2 Å². The maximum Gasteiger partial charge on any atom is 0.338 e. The highest BCUT2D eigenvalue weighted by Crippen LogP contribution is 2.19. The fourth-order valence-electron chi connectivity index (χ4n) is 1.88. The van der Waals surface area contributed by atoms with Crippen molar-refractivity contribution >= 4 is 17.5 Å². The Kier molecular flexibility index (Phi) is 8.55. The lowest BCUT2D eigenvalue weighted by molar-refractivity contribution is -0.138. The van der Waals surface area contributed by atoms with Gasteiger partial charge in [-0.3, -0.25) is 0 Å². The Morgan fingerprint density at radius 3 is 2.15 bits per heavy atom. The summed E-state index contributed by atoms with van der Waals surface area (Å²) in [4.78, 5) is 22.9. The molecule has 27 heavy (non-hydrogen) atoms. The highest BCUT2D eigenvalue weighted by molar-refractivity contribution is 5.88. The van der Waals surface area contributed by atoms with Crippen LogP contribution in [0.15, 0.2) is 66.3 Å². The summed E-state index contributed by atoms with van der Waals surface area (Å²) >= 11 is 0. The van der Waals surface area contributed by atoms with Crippen LogP contribution in [0.25, 0.3) is 5.57 Å². The zero-order valence-corrected chi connectivity index (χ0v) is 16.0. The fourth-order valence-corrected chi connectivity index (χ4v) is 1.88. The summed E-state index contributed by atoms with van der Waals surface area (Å²) in [5.74, 6) is 2.17. The molecule has 140 valence electrons. The molecule has 0 fully saturated rings. The molecular weight excluding hydrogens is 340 g/mol. The van der Waals surface area contributed by atoms with Crippen LogP contribution in [0.3, 0.4) is 0 Å². The van der Waals surface area contributed by atoms with E-state index in [9.17, 15) is 9.59 Å². The molecule has 0 unspecified atom stereocenters. The minimum atomic E-state index is -0.455. The molecular formula is C23H24O4. The van der Waals surface area contributed by atoms with Gasteiger partial charge in [-0.2, -0.15) is 0 Å². The summed E-state index contributed by atoms with van der Waals surface area (Å²) in [6, 6.07) is 7.14. The second-order valence-corrected chi connectivity index (χ2v) is 6.05. The second-order valence-electron chi connectivity index (χ2n) is 6.05. The molecule has 0 saturated carbocycles. The number of carbonyl (C=O) groups is 2. The normalized spacial score (nSPS) is 11.3. The van der Waals surface area contributed by atoms with E-state index in [4.69, 9.17) is 15.9 Å². The highest BCUT2D eigenvalue weighted by Gasteiger charge is 2.06. The first kappa shape index (κ1) is 21.7. The SMILES string of the molecule is C#C/C(=C\C=C(/C)c1ccc(OC(=O)C(=C)C)cc1)CCOC(=O)C(=C)C. The fraction of sp³-hybridized carbons (Fsp3) is 0.217. The molecule has 1 aromatic carbocycles. The van der Waals surface area contributed by atoms with E-state index in [0.717, 1.165) is 16.7 Å². The minimum absolute atomic E-state index is 0.206. The first-order valence-electron chi connectivity index (χ1n) is 8.39. The van der Waals surface area contributed by atoms with Gasteiger partial charge in [0, 0.05) is 23.1 Å². The van der Waals surface area contributed by atoms with Crippen LogP contribution in [-0.2, 0) is 14.3 Å². The third-order valence-corrected chi connectivity index (χ3v) is 3.54. The van der Waals surface area contributed by atoms with E-state index in [-0.39, 0.29) is 6.61 Å².